The van der Waals surface area contributed by atoms with E-state index in [-0.39, 0.29) is 6.03 Å². The van der Waals surface area contributed by atoms with Crippen LogP contribution in [0.3, 0.4) is 0 Å². The van der Waals surface area contributed by atoms with Gasteiger partial charge < -0.3 is 15.5 Å². The summed E-state index contributed by atoms with van der Waals surface area (Å²) in [4.78, 5) is 13.9. The van der Waals surface area contributed by atoms with E-state index >= 15 is 0 Å². The number of urea groups is 1. The van der Waals surface area contributed by atoms with E-state index in [2.05, 4.69) is 17.6 Å². The van der Waals surface area contributed by atoms with Gasteiger partial charge in [0.15, 0.2) is 0 Å². The van der Waals surface area contributed by atoms with Crippen molar-refractivity contribution in [1.29, 1.82) is 0 Å². The standard InChI is InChI=1S/C12H23N3O/c1-2-15(12(16)14-11-3-4-11)9-10-5-7-13-8-6-10/h10-11,13H,2-9H2,1H3,(H,14,16). The van der Waals surface area contributed by atoms with Gasteiger partial charge in [0.1, 0.15) is 0 Å². The Morgan fingerprint density at radius 1 is 1.31 bits per heavy atom. The summed E-state index contributed by atoms with van der Waals surface area (Å²) in [6.07, 6.45) is 4.73. The highest BCUT2D eigenvalue weighted by Gasteiger charge is 2.26. The topological polar surface area (TPSA) is 44.4 Å². The summed E-state index contributed by atoms with van der Waals surface area (Å²) < 4.78 is 0. The van der Waals surface area contributed by atoms with Gasteiger partial charge in [0.2, 0.25) is 0 Å². The lowest BCUT2D eigenvalue weighted by Gasteiger charge is -2.29. The van der Waals surface area contributed by atoms with Crippen molar-refractivity contribution in [3.05, 3.63) is 0 Å². The van der Waals surface area contributed by atoms with Crippen LogP contribution in [0.15, 0.2) is 0 Å². The minimum atomic E-state index is 0.142. The Balaban J connectivity index is 1.76. The van der Waals surface area contributed by atoms with Crippen molar-refractivity contribution in [2.24, 2.45) is 5.92 Å². The summed E-state index contributed by atoms with van der Waals surface area (Å²) in [5.41, 5.74) is 0. The van der Waals surface area contributed by atoms with Gasteiger partial charge in [0.25, 0.3) is 0 Å². The summed E-state index contributed by atoms with van der Waals surface area (Å²) in [6, 6.07) is 0.609. The monoisotopic (exact) mass is 225 g/mol. The second-order valence-corrected chi connectivity index (χ2v) is 4.96. The second-order valence-electron chi connectivity index (χ2n) is 4.96. The second kappa shape index (κ2) is 5.53. The van der Waals surface area contributed by atoms with E-state index in [0.29, 0.717) is 12.0 Å². The van der Waals surface area contributed by atoms with Crippen molar-refractivity contribution in [3.8, 4) is 0 Å². The van der Waals surface area contributed by atoms with Crippen molar-refractivity contribution in [2.75, 3.05) is 26.2 Å². The molecule has 2 aliphatic rings. The molecule has 4 nitrogen and oxygen atoms in total. The molecule has 1 heterocycles. The van der Waals surface area contributed by atoms with Gasteiger partial charge in [-0.15, -0.1) is 0 Å². The first-order chi connectivity index (χ1) is 7.79. The minimum Gasteiger partial charge on any atom is -0.335 e. The first kappa shape index (κ1) is 11.7. The summed E-state index contributed by atoms with van der Waals surface area (Å²) in [5.74, 6) is 0.686. The average Bonchev–Trinajstić information content (AvgIpc) is 3.11. The number of amides is 2. The van der Waals surface area contributed by atoms with Crippen molar-refractivity contribution in [1.82, 2.24) is 15.5 Å². The first-order valence-electron chi connectivity index (χ1n) is 6.55. The Bertz CT molecular complexity index is 234. The van der Waals surface area contributed by atoms with Crippen LogP contribution in [0.1, 0.15) is 32.6 Å². The molecule has 4 heteroatoms. The molecular formula is C12H23N3O. The molecule has 0 aromatic rings. The molecule has 92 valence electrons. The molecule has 1 saturated carbocycles. The zero-order valence-electron chi connectivity index (χ0n) is 10.2. The van der Waals surface area contributed by atoms with Gasteiger partial charge >= 0.3 is 6.03 Å². The third-order valence-corrected chi connectivity index (χ3v) is 3.51. The van der Waals surface area contributed by atoms with E-state index < -0.39 is 0 Å². The van der Waals surface area contributed by atoms with E-state index in [1.807, 2.05) is 4.90 Å². The lowest BCUT2D eigenvalue weighted by Crippen LogP contribution is -2.44. The van der Waals surface area contributed by atoms with Crippen LogP contribution in [0.4, 0.5) is 4.79 Å². The summed E-state index contributed by atoms with van der Waals surface area (Å²) in [5, 5.41) is 6.42. The maximum Gasteiger partial charge on any atom is 0.317 e. The predicted molar refractivity (Wildman–Crippen MR) is 64.4 cm³/mol. The van der Waals surface area contributed by atoms with E-state index in [9.17, 15) is 4.79 Å². The van der Waals surface area contributed by atoms with Crippen LogP contribution in [-0.2, 0) is 0 Å². The van der Waals surface area contributed by atoms with Crippen LogP contribution in [0.25, 0.3) is 0 Å². The van der Waals surface area contributed by atoms with Crippen LogP contribution in [-0.4, -0.2) is 43.2 Å². The molecule has 0 aromatic heterocycles. The number of nitrogens with zero attached hydrogens (tertiary/aromatic N) is 1. The average molecular weight is 225 g/mol. The number of carbonyl (C=O) groups is 1. The highest BCUT2D eigenvalue weighted by atomic mass is 16.2. The van der Waals surface area contributed by atoms with E-state index in [0.717, 1.165) is 39.0 Å². The van der Waals surface area contributed by atoms with E-state index in [1.165, 1.54) is 12.8 Å². The Morgan fingerprint density at radius 3 is 2.56 bits per heavy atom. The molecule has 0 bridgehead atoms. The molecule has 1 aliphatic carbocycles. The molecule has 1 aliphatic heterocycles. The molecule has 1 saturated heterocycles. The molecule has 16 heavy (non-hydrogen) atoms. The quantitative estimate of drug-likeness (QED) is 0.754. The van der Waals surface area contributed by atoms with Crippen LogP contribution in [0.2, 0.25) is 0 Å². The number of nitrogens with one attached hydrogen (secondary N) is 2. The van der Waals surface area contributed by atoms with Crippen molar-refractivity contribution >= 4 is 6.03 Å². The molecule has 0 unspecified atom stereocenters. The summed E-state index contributed by atoms with van der Waals surface area (Å²) in [7, 11) is 0. The molecule has 0 radical (unpaired) electrons. The summed E-state index contributed by atoms with van der Waals surface area (Å²) >= 11 is 0. The van der Waals surface area contributed by atoms with Crippen LogP contribution in [0, 0.1) is 5.92 Å². The fourth-order valence-electron chi connectivity index (χ4n) is 2.23. The van der Waals surface area contributed by atoms with Gasteiger partial charge in [0, 0.05) is 19.1 Å². The maximum atomic E-state index is 11.9. The smallest absolute Gasteiger partial charge is 0.317 e. The zero-order valence-corrected chi connectivity index (χ0v) is 10.2. The summed E-state index contributed by atoms with van der Waals surface area (Å²) in [6.45, 7) is 6.02. The number of rotatable bonds is 4. The maximum absolute atomic E-state index is 11.9. The first-order valence-corrected chi connectivity index (χ1v) is 6.55. The van der Waals surface area contributed by atoms with Crippen molar-refractivity contribution < 1.29 is 4.79 Å². The van der Waals surface area contributed by atoms with E-state index in [4.69, 9.17) is 0 Å². The fraction of sp³-hybridized carbons (Fsp3) is 0.917. The Morgan fingerprint density at radius 2 is 2.00 bits per heavy atom. The number of piperidine rings is 1. The van der Waals surface area contributed by atoms with Gasteiger partial charge in [-0.1, -0.05) is 0 Å². The third kappa shape index (κ3) is 3.37. The molecule has 0 aromatic carbocycles. The molecule has 2 amide bonds. The van der Waals surface area contributed by atoms with Gasteiger partial charge in [-0.2, -0.15) is 0 Å². The van der Waals surface area contributed by atoms with Gasteiger partial charge in [-0.05, 0) is 51.6 Å². The van der Waals surface area contributed by atoms with E-state index in [1.54, 1.807) is 0 Å². The van der Waals surface area contributed by atoms with Crippen molar-refractivity contribution in [3.63, 3.8) is 0 Å². The Hall–Kier alpha value is -0.770. The minimum absolute atomic E-state index is 0.142. The molecular weight excluding hydrogens is 202 g/mol. The molecule has 2 fully saturated rings. The molecule has 2 rings (SSSR count). The normalized spacial score (nSPS) is 21.8. The highest BCUT2D eigenvalue weighted by Crippen LogP contribution is 2.19. The van der Waals surface area contributed by atoms with Gasteiger partial charge in [-0.25, -0.2) is 4.79 Å². The molecule has 0 spiro atoms. The number of carbonyl (C=O) groups excluding carboxylic acids is 1. The van der Waals surface area contributed by atoms with Crippen LogP contribution in [0.5, 0.6) is 0 Å². The Kier molecular flexibility index (Phi) is 4.04. The van der Waals surface area contributed by atoms with Crippen molar-refractivity contribution in [2.45, 2.75) is 38.6 Å². The lowest BCUT2D eigenvalue weighted by molar-refractivity contribution is 0.183. The van der Waals surface area contributed by atoms with Crippen LogP contribution < -0.4 is 10.6 Å². The van der Waals surface area contributed by atoms with Crippen LogP contribution >= 0.6 is 0 Å². The van der Waals surface area contributed by atoms with Gasteiger partial charge in [-0.3, -0.25) is 0 Å². The number of hydrogen-bond acceptors (Lipinski definition) is 2. The molecule has 2 N–H and O–H groups in total. The largest absolute Gasteiger partial charge is 0.335 e. The third-order valence-electron chi connectivity index (χ3n) is 3.51. The number of hydrogen-bond donors (Lipinski definition) is 2. The predicted octanol–water partition coefficient (Wildman–Crippen LogP) is 1.18. The highest BCUT2D eigenvalue weighted by molar-refractivity contribution is 5.74. The molecule has 0 atom stereocenters. The lowest BCUT2D eigenvalue weighted by atomic mass is 9.98. The fourth-order valence-corrected chi connectivity index (χ4v) is 2.23. The van der Waals surface area contributed by atoms with Gasteiger partial charge in [0.05, 0.1) is 0 Å². The Labute approximate surface area is 97.8 Å². The zero-order chi connectivity index (χ0) is 11.4. The SMILES string of the molecule is CCN(CC1CCNCC1)C(=O)NC1CC1.